The Morgan fingerprint density at radius 2 is 1.56 bits per heavy atom. The van der Waals surface area contributed by atoms with Gasteiger partial charge in [-0.3, -0.25) is 0 Å². The fourth-order valence-corrected chi connectivity index (χ4v) is 3.58. The van der Waals surface area contributed by atoms with E-state index in [-0.39, 0.29) is 0 Å². The smallest absolute Gasteiger partial charge is 0.0245 e. The molecule has 1 unspecified atom stereocenters. The molecule has 0 aliphatic carbocycles. The Bertz CT molecular complexity index is 308. The predicted molar refractivity (Wildman–Crippen MR) is 81.9 cm³/mol. The molecular weight excluding hydrogens is 216 g/mol. The number of hydrogen-bond donors (Lipinski definition) is 0. The van der Waals surface area contributed by atoms with Gasteiger partial charge in [-0.1, -0.05) is 83.7 Å². The minimum Gasteiger partial charge on any atom is -0.0654 e. The van der Waals surface area contributed by atoms with E-state index in [2.05, 4.69) is 58.0 Å². The number of rotatable bonds is 8. The van der Waals surface area contributed by atoms with E-state index in [0.717, 1.165) is 5.92 Å². The van der Waals surface area contributed by atoms with E-state index in [1.54, 1.807) is 0 Å². The van der Waals surface area contributed by atoms with Crippen LogP contribution in [0.15, 0.2) is 30.3 Å². The molecule has 0 aliphatic heterocycles. The molecule has 0 bridgehead atoms. The first kappa shape index (κ1) is 15.3. The van der Waals surface area contributed by atoms with E-state index < -0.39 is 0 Å². The van der Waals surface area contributed by atoms with Crippen molar-refractivity contribution in [2.24, 2.45) is 11.3 Å². The maximum atomic E-state index is 2.38. The SMILES string of the molecule is CCCC(CC)(CC)C(CC)Cc1ccccc1. The standard InChI is InChI=1S/C18H30/c1-5-14-18(7-3,8-4)17(6-2)15-16-12-10-9-11-13-16/h9-13,17H,5-8,14-15H2,1-4H3. The molecule has 0 aliphatic rings. The zero-order valence-corrected chi connectivity index (χ0v) is 12.7. The molecule has 0 fully saturated rings. The van der Waals surface area contributed by atoms with Gasteiger partial charge >= 0.3 is 0 Å². The molecule has 0 heteroatoms. The molecule has 0 aromatic heterocycles. The number of benzene rings is 1. The summed E-state index contributed by atoms with van der Waals surface area (Å²) in [5.74, 6) is 0.829. The minimum absolute atomic E-state index is 0.555. The lowest BCUT2D eigenvalue weighted by Crippen LogP contribution is -2.30. The number of hydrogen-bond acceptors (Lipinski definition) is 0. The molecule has 1 atom stereocenters. The van der Waals surface area contributed by atoms with E-state index in [1.165, 1.54) is 44.1 Å². The Morgan fingerprint density at radius 1 is 0.944 bits per heavy atom. The van der Waals surface area contributed by atoms with Crippen LogP contribution in [0, 0.1) is 11.3 Å². The second-order valence-corrected chi connectivity index (χ2v) is 5.61. The van der Waals surface area contributed by atoms with Crippen molar-refractivity contribution in [3.05, 3.63) is 35.9 Å². The van der Waals surface area contributed by atoms with Gasteiger partial charge in [0.25, 0.3) is 0 Å². The zero-order chi connectivity index (χ0) is 13.4. The summed E-state index contributed by atoms with van der Waals surface area (Å²) in [7, 11) is 0. The lowest BCUT2D eigenvalue weighted by Gasteiger charge is -2.40. The van der Waals surface area contributed by atoms with Gasteiger partial charge in [0.1, 0.15) is 0 Å². The summed E-state index contributed by atoms with van der Waals surface area (Å²) in [6, 6.07) is 11.0. The van der Waals surface area contributed by atoms with Gasteiger partial charge in [0, 0.05) is 0 Å². The predicted octanol–water partition coefficient (Wildman–Crippen LogP) is 5.86. The van der Waals surface area contributed by atoms with Crippen LogP contribution in [0.4, 0.5) is 0 Å². The fourth-order valence-electron chi connectivity index (χ4n) is 3.58. The maximum Gasteiger partial charge on any atom is -0.0245 e. The van der Waals surface area contributed by atoms with Crippen LogP contribution in [-0.2, 0) is 6.42 Å². The van der Waals surface area contributed by atoms with Crippen LogP contribution in [0.1, 0.15) is 65.4 Å². The molecule has 18 heavy (non-hydrogen) atoms. The maximum absolute atomic E-state index is 2.38. The van der Waals surface area contributed by atoms with Gasteiger partial charge in [0.2, 0.25) is 0 Å². The third kappa shape index (κ3) is 3.60. The molecule has 0 amide bonds. The lowest BCUT2D eigenvalue weighted by molar-refractivity contribution is 0.121. The second-order valence-electron chi connectivity index (χ2n) is 5.61. The minimum atomic E-state index is 0.555. The Morgan fingerprint density at radius 3 is 2.00 bits per heavy atom. The Kier molecular flexibility index (Phi) is 6.46. The van der Waals surface area contributed by atoms with Crippen molar-refractivity contribution in [3.63, 3.8) is 0 Å². The van der Waals surface area contributed by atoms with E-state index in [1.807, 2.05) is 0 Å². The van der Waals surface area contributed by atoms with Crippen molar-refractivity contribution >= 4 is 0 Å². The van der Waals surface area contributed by atoms with Crippen molar-refractivity contribution in [1.29, 1.82) is 0 Å². The van der Waals surface area contributed by atoms with Gasteiger partial charge < -0.3 is 0 Å². The molecular formula is C18H30. The highest BCUT2D eigenvalue weighted by Gasteiger charge is 2.33. The van der Waals surface area contributed by atoms with Crippen molar-refractivity contribution in [3.8, 4) is 0 Å². The topological polar surface area (TPSA) is 0 Å². The molecule has 0 nitrogen and oxygen atoms in total. The van der Waals surface area contributed by atoms with E-state index >= 15 is 0 Å². The first-order chi connectivity index (χ1) is 8.72. The fraction of sp³-hybridized carbons (Fsp3) is 0.667. The molecule has 1 aromatic rings. The normalized spacial score (nSPS) is 13.6. The summed E-state index contributed by atoms with van der Waals surface area (Å²) in [6.07, 6.45) is 7.89. The molecule has 1 rings (SSSR count). The van der Waals surface area contributed by atoms with Crippen LogP contribution in [0.2, 0.25) is 0 Å². The van der Waals surface area contributed by atoms with Gasteiger partial charge in [-0.2, -0.15) is 0 Å². The second kappa shape index (κ2) is 7.61. The van der Waals surface area contributed by atoms with Crippen molar-refractivity contribution in [2.75, 3.05) is 0 Å². The average molecular weight is 246 g/mol. The molecule has 0 radical (unpaired) electrons. The Hall–Kier alpha value is -0.780. The molecule has 102 valence electrons. The zero-order valence-electron chi connectivity index (χ0n) is 12.7. The van der Waals surface area contributed by atoms with Crippen molar-refractivity contribution in [2.45, 2.75) is 66.2 Å². The molecule has 1 aromatic carbocycles. The summed E-state index contributed by atoms with van der Waals surface area (Å²) < 4.78 is 0. The molecule has 0 N–H and O–H groups in total. The Balaban J connectivity index is 2.85. The highest BCUT2D eigenvalue weighted by Crippen LogP contribution is 2.43. The third-order valence-corrected chi connectivity index (χ3v) is 4.84. The molecule has 0 spiro atoms. The van der Waals surface area contributed by atoms with Crippen molar-refractivity contribution in [1.82, 2.24) is 0 Å². The average Bonchev–Trinajstić information content (AvgIpc) is 2.44. The monoisotopic (exact) mass is 246 g/mol. The quantitative estimate of drug-likeness (QED) is 0.539. The van der Waals surface area contributed by atoms with E-state index in [9.17, 15) is 0 Å². The van der Waals surface area contributed by atoms with Crippen LogP contribution in [0.3, 0.4) is 0 Å². The van der Waals surface area contributed by atoms with Crippen LogP contribution < -0.4 is 0 Å². The van der Waals surface area contributed by atoms with Gasteiger partial charge in [-0.15, -0.1) is 0 Å². The summed E-state index contributed by atoms with van der Waals surface area (Å²) in [6.45, 7) is 9.46. The Labute approximate surface area is 114 Å². The van der Waals surface area contributed by atoms with Crippen LogP contribution in [0.25, 0.3) is 0 Å². The molecule has 0 saturated carbocycles. The van der Waals surface area contributed by atoms with Gasteiger partial charge in [0.15, 0.2) is 0 Å². The summed E-state index contributed by atoms with van der Waals surface area (Å²) >= 11 is 0. The van der Waals surface area contributed by atoms with Crippen molar-refractivity contribution < 1.29 is 0 Å². The van der Waals surface area contributed by atoms with Gasteiger partial charge in [0.05, 0.1) is 0 Å². The van der Waals surface area contributed by atoms with Gasteiger partial charge in [-0.25, -0.2) is 0 Å². The van der Waals surface area contributed by atoms with Gasteiger partial charge in [-0.05, 0) is 29.7 Å². The first-order valence-corrected chi connectivity index (χ1v) is 7.76. The highest BCUT2D eigenvalue weighted by molar-refractivity contribution is 5.15. The third-order valence-electron chi connectivity index (χ3n) is 4.84. The highest BCUT2D eigenvalue weighted by atomic mass is 14.4. The van der Waals surface area contributed by atoms with Crippen LogP contribution in [-0.4, -0.2) is 0 Å². The molecule has 0 saturated heterocycles. The summed E-state index contributed by atoms with van der Waals surface area (Å²) in [5.41, 5.74) is 2.06. The lowest BCUT2D eigenvalue weighted by atomic mass is 9.65. The van der Waals surface area contributed by atoms with E-state index in [0.29, 0.717) is 5.41 Å². The largest absolute Gasteiger partial charge is 0.0654 e. The van der Waals surface area contributed by atoms with Crippen LogP contribution >= 0.6 is 0 Å². The molecule has 0 heterocycles. The van der Waals surface area contributed by atoms with Crippen LogP contribution in [0.5, 0.6) is 0 Å². The summed E-state index contributed by atoms with van der Waals surface area (Å²) in [4.78, 5) is 0. The summed E-state index contributed by atoms with van der Waals surface area (Å²) in [5, 5.41) is 0. The first-order valence-electron chi connectivity index (χ1n) is 7.76. The van der Waals surface area contributed by atoms with E-state index in [4.69, 9.17) is 0 Å².